The number of nitrogens with zero attached hydrogens (tertiary/aromatic N) is 2. The molecule has 0 fully saturated rings. The molecule has 0 aromatic carbocycles. The second kappa shape index (κ2) is 7.25. The Morgan fingerprint density at radius 2 is 2.26 bits per heavy atom. The maximum atomic E-state index is 12.0. The fourth-order valence-electron chi connectivity index (χ4n) is 1.60. The molecule has 1 aromatic rings. The molecule has 2 N–H and O–H groups in total. The number of aromatic nitrogens is 2. The van der Waals surface area contributed by atoms with Crippen LogP contribution in [0.4, 0.5) is 0 Å². The van der Waals surface area contributed by atoms with E-state index in [9.17, 15) is 9.90 Å². The fraction of sp³-hybridized carbons (Fsp3) is 0.692. The minimum atomic E-state index is -0.693. The van der Waals surface area contributed by atoms with Crippen LogP contribution in [0.25, 0.3) is 0 Å². The molecule has 1 heterocycles. The van der Waals surface area contributed by atoms with Crippen LogP contribution < -0.4 is 5.32 Å². The van der Waals surface area contributed by atoms with Crippen molar-refractivity contribution in [1.29, 1.82) is 0 Å². The SMILES string of the molecule is CCOCC(O)CNC(=O)c1cc(C(C)C)nn1C. The average Bonchev–Trinajstić information content (AvgIpc) is 2.75. The third kappa shape index (κ3) is 4.65. The Morgan fingerprint density at radius 1 is 1.58 bits per heavy atom. The van der Waals surface area contributed by atoms with Crippen LogP contribution in [-0.4, -0.2) is 46.7 Å². The number of nitrogens with one attached hydrogen (secondary N) is 1. The van der Waals surface area contributed by atoms with Gasteiger partial charge in [-0.3, -0.25) is 9.48 Å². The summed E-state index contributed by atoms with van der Waals surface area (Å²) in [6.45, 7) is 6.84. The Hall–Kier alpha value is -1.40. The topological polar surface area (TPSA) is 76.4 Å². The van der Waals surface area contributed by atoms with Crippen molar-refractivity contribution in [3.63, 3.8) is 0 Å². The van der Waals surface area contributed by atoms with Crippen LogP contribution in [0.15, 0.2) is 6.07 Å². The number of carbonyl (C=O) groups is 1. The van der Waals surface area contributed by atoms with E-state index in [-0.39, 0.29) is 25.0 Å². The lowest BCUT2D eigenvalue weighted by molar-refractivity contribution is 0.0417. The Morgan fingerprint density at radius 3 is 2.79 bits per heavy atom. The zero-order valence-corrected chi connectivity index (χ0v) is 12.0. The van der Waals surface area contributed by atoms with Gasteiger partial charge in [0.2, 0.25) is 0 Å². The van der Waals surface area contributed by atoms with Crippen molar-refractivity contribution in [2.45, 2.75) is 32.8 Å². The van der Waals surface area contributed by atoms with Crippen molar-refractivity contribution < 1.29 is 14.6 Å². The number of amides is 1. The maximum absolute atomic E-state index is 12.0. The molecule has 1 amide bonds. The number of rotatable bonds is 7. The number of ether oxygens (including phenoxy) is 1. The highest BCUT2D eigenvalue weighted by Crippen LogP contribution is 2.13. The second-order valence-electron chi connectivity index (χ2n) is 4.76. The van der Waals surface area contributed by atoms with Crippen LogP contribution >= 0.6 is 0 Å². The lowest BCUT2D eigenvalue weighted by Gasteiger charge is -2.11. The largest absolute Gasteiger partial charge is 0.389 e. The van der Waals surface area contributed by atoms with Gasteiger partial charge in [0.1, 0.15) is 5.69 Å². The summed E-state index contributed by atoms with van der Waals surface area (Å²) in [6.07, 6.45) is -0.693. The summed E-state index contributed by atoms with van der Waals surface area (Å²) < 4.78 is 6.63. The van der Waals surface area contributed by atoms with Gasteiger partial charge in [-0.1, -0.05) is 13.8 Å². The molecule has 1 aromatic heterocycles. The van der Waals surface area contributed by atoms with Crippen LogP contribution in [0.5, 0.6) is 0 Å². The van der Waals surface area contributed by atoms with Crippen molar-refractivity contribution in [2.24, 2.45) is 7.05 Å². The van der Waals surface area contributed by atoms with Crippen molar-refractivity contribution in [1.82, 2.24) is 15.1 Å². The number of aliphatic hydroxyl groups excluding tert-OH is 1. The molecule has 0 spiro atoms. The molecule has 1 rings (SSSR count). The molecule has 0 aliphatic rings. The molecule has 6 nitrogen and oxygen atoms in total. The smallest absolute Gasteiger partial charge is 0.269 e. The predicted molar refractivity (Wildman–Crippen MR) is 72.1 cm³/mol. The maximum Gasteiger partial charge on any atom is 0.269 e. The van der Waals surface area contributed by atoms with E-state index in [2.05, 4.69) is 10.4 Å². The summed E-state index contributed by atoms with van der Waals surface area (Å²) in [7, 11) is 1.73. The highest BCUT2D eigenvalue weighted by molar-refractivity contribution is 5.92. The molecule has 0 aliphatic heterocycles. The molecule has 1 unspecified atom stereocenters. The van der Waals surface area contributed by atoms with Crippen molar-refractivity contribution in [3.8, 4) is 0 Å². The molecule has 0 aliphatic carbocycles. The van der Waals surface area contributed by atoms with Gasteiger partial charge in [-0.25, -0.2) is 0 Å². The summed E-state index contributed by atoms with van der Waals surface area (Å²) in [6, 6.07) is 1.77. The highest BCUT2D eigenvalue weighted by atomic mass is 16.5. The number of aliphatic hydroxyl groups is 1. The van der Waals surface area contributed by atoms with E-state index in [4.69, 9.17) is 4.74 Å². The van der Waals surface area contributed by atoms with E-state index in [1.807, 2.05) is 20.8 Å². The Balaban J connectivity index is 2.54. The zero-order valence-electron chi connectivity index (χ0n) is 12.0. The number of carbonyl (C=O) groups excluding carboxylic acids is 1. The van der Waals surface area contributed by atoms with Gasteiger partial charge >= 0.3 is 0 Å². The Bertz CT molecular complexity index is 415. The first-order valence-electron chi connectivity index (χ1n) is 6.53. The molecular weight excluding hydrogens is 246 g/mol. The number of hydrogen-bond acceptors (Lipinski definition) is 4. The Labute approximate surface area is 113 Å². The van der Waals surface area contributed by atoms with Gasteiger partial charge in [-0.15, -0.1) is 0 Å². The summed E-state index contributed by atoms with van der Waals surface area (Å²) in [5.41, 5.74) is 1.37. The van der Waals surface area contributed by atoms with Crippen LogP contribution in [0.2, 0.25) is 0 Å². The first-order valence-corrected chi connectivity index (χ1v) is 6.53. The molecular formula is C13H23N3O3. The Kier molecular flexibility index (Phi) is 5.98. The minimum Gasteiger partial charge on any atom is -0.389 e. The lowest BCUT2D eigenvalue weighted by atomic mass is 10.1. The predicted octanol–water partition coefficient (Wildman–Crippen LogP) is 0.671. The van der Waals surface area contributed by atoms with Crippen LogP contribution in [-0.2, 0) is 11.8 Å². The average molecular weight is 269 g/mol. The van der Waals surface area contributed by atoms with E-state index < -0.39 is 6.10 Å². The van der Waals surface area contributed by atoms with Gasteiger partial charge in [0.15, 0.2) is 0 Å². The number of hydrogen-bond donors (Lipinski definition) is 2. The van der Waals surface area contributed by atoms with Crippen molar-refractivity contribution in [3.05, 3.63) is 17.5 Å². The van der Waals surface area contributed by atoms with Gasteiger partial charge < -0.3 is 15.2 Å². The fourth-order valence-corrected chi connectivity index (χ4v) is 1.60. The van der Waals surface area contributed by atoms with Crippen molar-refractivity contribution >= 4 is 5.91 Å². The molecule has 0 saturated heterocycles. The van der Waals surface area contributed by atoms with E-state index >= 15 is 0 Å². The molecule has 1 atom stereocenters. The first kappa shape index (κ1) is 15.7. The molecule has 0 radical (unpaired) electrons. The summed E-state index contributed by atoms with van der Waals surface area (Å²) >= 11 is 0. The molecule has 0 saturated carbocycles. The first-order chi connectivity index (χ1) is 8.95. The van der Waals surface area contributed by atoms with E-state index in [0.29, 0.717) is 12.3 Å². The summed E-state index contributed by atoms with van der Waals surface area (Å²) in [5.74, 6) is 0.0359. The molecule has 0 bridgehead atoms. The van der Waals surface area contributed by atoms with Crippen LogP contribution in [0, 0.1) is 0 Å². The van der Waals surface area contributed by atoms with E-state index in [0.717, 1.165) is 5.69 Å². The lowest BCUT2D eigenvalue weighted by Crippen LogP contribution is -2.35. The van der Waals surface area contributed by atoms with Gasteiger partial charge in [0, 0.05) is 20.2 Å². The second-order valence-corrected chi connectivity index (χ2v) is 4.76. The number of aryl methyl sites for hydroxylation is 1. The quantitative estimate of drug-likeness (QED) is 0.763. The monoisotopic (exact) mass is 269 g/mol. The highest BCUT2D eigenvalue weighted by Gasteiger charge is 2.15. The molecule has 108 valence electrons. The van der Waals surface area contributed by atoms with Gasteiger partial charge in [-0.05, 0) is 18.9 Å². The third-order valence-electron chi connectivity index (χ3n) is 2.74. The minimum absolute atomic E-state index is 0.168. The standard InChI is InChI=1S/C13H23N3O3/c1-5-19-8-10(17)7-14-13(18)12-6-11(9(2)3)15-16(12)4/h6,9-10,17H,5,7-8H2,1-4H3,(H,14,18). The molecule has 6 heteroatoms. The third-order valence-corrected chi connectivity index (χ3v) is 2.74. The normalized spacial score (nSPS) is 12.7. The van der Waals surface area contributed by atoms with E-state index in [1.165, 1.54) is 0 Å². The van der Waals surface area contributed by atoms with E-state index in [1.54, 1.807) is 17.8 Å². The summed E-state index contributed by atoms with van der Waals surface area (Å²) in [4.78, 5) is 12.0. The molecule has 19 heavy (non-hydrogen) atoms. The van der Waals surface area contributed by atoms with Gasteiger partial charge in [0.05, 0.1) is 18.4 Å². The zero-order chi connectivity index (χ0) is 14.4. The summed E-state index contributed by atoms with van der Waals surface area (Å²) in [5, 5.41) is 16.5. The van der Waals surface area contributed by atoms with Crippen molar-refractivity contribution in [2.75, 3.05) is 19.8 Å². The van der Waals surface area contributed by atoms with Crippen LogP contribution in [0.3, 0.4) is 0 Å². The van der Waals surface area contributed by atoms with Crippen LogP contribution in [0.1, 0.15) is 42.9 Å². The van der Waals surface area contributed by atoms with Gasteiger partial charge in [-0.2, -0.15) is 5.10 Å². The van der Waals surface area contributed by atoms with Gasteiger partial charge in [0.25, 0.3) is 5.91 Å².